The Morgan fingerprint density at radius 3 is 1.84 bits per heavy atom. The molecular weight excluding hydrogens is 598 g/mol. The zero-order chi connectivity index (χ0) is 32.7. The number of esters is 4. The van der Waals surface area contributed by atoms with Gasteiger partial charge in [0.1, 0.15) is 36.8 Å². The molecule has 1 aromatic rings. The third-order valence-corrected chi connectivity index (χ3v) is 6.36. The predicted octanol–water partition coefficient (Wildman–Crippen LogP) is -1.12. The molecule has 2 aliphatic rings. The summed E-state index contributed by atoms with van der Waals surface area (Å²) in [6.45, 7) is 2.87. The zero-order valence-corrected chi connectivity index (χ0v) is 24.0. The predicted molar refractivity (Wildman–Crippen MR) is 138 cm³/mol. The molecule has 1 aromatic carbocycles. The van der Waals surface area contributed by atoms with Gasteiger partial charge in [0.2, 0.25) is 6.29 Å². The van der Waals surface area contributed by atoms with E-state index >= 15 is 0 Å². The number of ether oxygens (including phenoxy) is 8. The Morgan fingerprint density at radius 2 is 1.32 bits per heavy atom. The van der Waals surface area contributed by atoms with Crippen LogP contribution in [0.1, 0.15) is 27.7 Å². The highest BCUT2D eigenvalue weighted by molar-refractivity contribution is 5.68. The monoisotopic (exact) mass is 631 g/mol. The van der Waals surface area contributed by atoms with Gasteiger partial charge in [-0.25, -0.2) is 0 Å². The van der Waals surface area contributed by atoms with Crippen LogP contribution in [0.4, 0.5) is 5.69 Å². The largest absolute Gasteiger partial charge is 0.463 e. The van der Waals surface area contributed by atoms with Crippen molar-refractivity contribution < 1.29 is 77.3 Å². The van der Waals surface area contributed by atoms with E-state index in [9.17, 15) is 44.6 Å². The number of hydrogen-bond acceptors (Lipinski definition) is 17. The molecule has 0 saturated carbocycles. The van der Waals surface area contributed by atoms with Crippen LogP contribution in [0, 0.1) is 10.1 Å². The first-order valence-electron chi connectivity index (χ1n) is 13.2. The van der Waals surface area contributed by atoms with Crippen LogP contribution < -0.4 is 4.74 Å². The van der Waals surface area contributed by atoms with Crippen LogP contribution in [0.5, 0.6) is 5.75 Å². The lowest BCUT2D eigenvalue weighted by atomic mass is 9.96. The Hall–Kier alpha value is -3.94. The van der Waals surface area contributed by atoms with Gasteiger partial charge in [0.05, 0.1) is 11.5 Å². The molecule has 44 heavy (non-hydrogen) atoms. The standard InChI is InChI=1S/C26H33NO17/c1-11(29)37-10-18-21(38-12(2)30)23(39-13(3)31)24(40-14(4)32)26(43-18)44-22-20(34)19(33)17(9-28)42-25(22)41-16-7-5-15(6-8-16)27(35)36/h5-8,17-26,28,33-34H,9-10H2,1-4H3/t17?,18?,19-,20-,21+,22-,23?,24+,25+,26-/m0/s1. The molecule has 10 atom stereocenters. The van der Waals surface area contributed by atoms with Gasteiger partial charge < -0.3 is 53.2 Å². The van der Waals surface area contributed by atoms with Crippen LogP contribution in [0.25, 0.3) is 0 Å². The van der Waals surface area contributed by atoms with Gasteiger partial charge in [0.15, 0.2) is 30.7 Å². The van der Waals surface area contributed by atoms with Crippen molar-refractivity contribution in [1.29, 1.82) is 0 Å². The summed E-state index contributed by atoms with van der Waals surface area (Å²) in [5, 5.41) is 42.3. The highest BCUT2D eigenvalue weighted by Gasteiger charge is 2.56. The summed E-state index contributed by atoms with van der Waals surface area (Å²) in [6, 6.07) is 4.70. The smallest absolute Gasteiger partial charge is 0.303 e. The summed E-state index contributed by atoms with van der Waals surface area (Å²) in [5.41, 5.74) is -0.254. The molecule has 2 fully saturated rings. The Balaban J connectivity index is 2.02. The van der Waals surface area contributed by atoms with E-state index in [0.717, 1.165) is 39.8 Å². The number of benzene rings is 1. The maximum absolute atomic E-state index is 12.1. The number of carbonyl (C=O) groups is 4. The van der Waals surface area contributed by atoms with Crippen molar-refractivity contribution in [3.05, 3.63) is 34.4 Å². The number of hydrogen-bond donors (Lipinski definition) is 3. The van der Waals surface area contributed by atoms with Crippen LogP contribution in [-0.4, -0.2) is 119 Å². The number of rotatable bonds is 11. The topological polar surface area (TPSA) is 246 Å². The fraction of sp³-hybridized carbons (Fsp3) is 0.615. The van der Waals surface area contributed by atoms with E-state index in [0.29, 0.717) is 0 Å². The average Bonchev–Trinajstić information content (AvgIpc) is 2.94. The van der Waals surface area contributed by atoms with E-state index < -0.39 is 103 Å². The van der Waals surface area contributed by atoms with Crippen molar-refractivity contribution in [3.8, 4) is 5.75 Å². The van der Waals surface area contributed by atoms with Crippen LogP contribution in [0.15, 0.2) is 24.3 Å². The van der Waals surface area contributed by atoms with Gasteiger partial charge in [0.25, 0.3) is 5.69 Å². The first kappa shape index (κ1) is 34.5. The molecule has 3 rings (SSSR count). The van der Waals surface area contributed by atoms with Crippen molar-refractivity contribution in [2.24, 2.45) is 0 Å². The van der Waals surface area contributed by atoms with E-state index in [1.807, 2.05) is 0 Å². The van der Waals surface area contributed by atoms with E-state index in [4.69, 9.17) is 37.9 Å². The molecule has 244 valence electrons. The number of nitrogens with zero attached hydrogens (tertiary/aromatic N) is 1. The third-order valence-electron chi connectivity index (χ3n) is 6.36. The minimum atomic E-state index is -1.85. The molecule has 2 aliphatic heterocycles. The second-order valence-electron chi connectivity index (χ2n) is 9.74. The Labute approximate surface area is 249 Å². The first-order valence-corrected chi connectivity index (χ1v) is 13.2. The summed E-state index contributed by atoms with van der Waals surface area (Å²) in [6.07, 6.45) is -16.2. The van der Waals surface area contributed by atoms with Crippen LogP contribution >= 0.6 is 0 Å². The maximum atomic E-state index is 12.1. The summed E-state index contributed by atoms with van der Waals surface area (Å²) in [5.74, 6) is -3.40. The van der Waals surface area contributed by atoms with Crippen molar-refractivity contribution in [3.63, 3.8) is 0 Å². The number of non-ortho nitro benzene ring substituents is 1. The van der Waals surface area contributed by atoms with E-state index in [1.165, 1.54) is 12.1 Å². The summed E-state index contributed by atoms with van der Waals surface area (Å²) >= 11 is 0. The number of aliphatic hydroxyl groups is 3. The fourth-order valence-electron chi connectivity index (χ4n) is 4.53. The molecule has 0 amide bonds. The molecule has 18 heteroatoms. The Bertz CT molecular complexity index is 1190. The van der Waals surface area contributed by atoms with Gasteiger partial charge >= 0.3 is 23.9 Å². The third kappa shape index (κ3) is 8.80. The lowest BCUT2D eigenvalue weighted by Crippen LogP contribution is -2.66. The van der Waals surface area contributed by atoms with Crippen molar-refractivity contribution in [2.45, 2.75) is 89.1 Å². The van der Waals surface area contributed by atoms with Crippen molar-refractivity contribution in [2.75, 3.05) is 13.2 Å². The van der Waals surface area contributed by atoms with Crippen molar-refractivity contribution >= 4 is 29.6 Å². The van der Waals surface area contributed by atoms with Gasteiger partial charge in [0, 0.05) is 39.8 Å². The highest BCUT2D eigenvalue weighted by atomic mass is 16.8. The fourth-order valence-corrected chi connectivity index (χ4v) is 4.53. The molecule has 0 spiro atoms. The van der Waals surface area contributed by atoms with E-state index in [-0.39, 0.29) is 11.4 Å². The lowest BCUT2D eigenvalue weighted by Gasteiger charge is -2.47. The molecule has 0 aromatic heterocycles. The summed E-state index contributed by atoms with van der Waals surface area (Å²) in [7, 11) is 0. The van der Waals surface area contributed by atoms with Gasteiger partial charge in [-0.2, -0.15) is 0 Å². The first-order chi connectivity index (χ1) is 20.7. The van der Waals surface area contributed by atoms with Gasteiger partial charge in [-0.15, -0.1) is 0 Å². The van der Waals surface area contributed by atoms with Gasteiger partial charge in [-0.05, 0) is 12.1 Å². The molecule has 18 nitrogen and oxygen atoms in total. The molecule has 0 aliphatic carbocycles. The lowest BCUT2D eigenvalue weighted by molar-refractivity contribution is -0.384. The zero-order valence-electron chi connectivity index (χ0n) is 24.0. The normalized spacial score (nSPS) is 31.7. The van der Waals surface area contributed by atoms with Crippen LogP contribution in [-0.2, 0) is 52.3 Å². The highest BCUT2D eigenvalue weighted by Crippen LogP contribution is 2.34. The molecule has 3 N–H and O–H groups in total. The molecule has 0 radical (unpaired) electrons. The Morgan fingerprint density at radius 1 is 0.773 bits per heavy atom. The molecular formula is C26H33NO17. The van der Waals surface area contributed by atoms with Gasteiger partial charge in [-0.1, -0.05) is 0 Å². The SMILES string of the molecule is CC(=O)OCC1O[C@@H](O[C@@H]2[C@H](Oc3ccc([N+](=O)[O-])cc3)OC(CO)[C@H](O)[C@@H]2O)[C@H](OC(C)=O)C(OC(C)=O)[C@@H]1OC(C)=O. The number of carbonyl (C=O) groups excluding carboxylic acids is 4. The molecule has 2 saturated heterocycles. The summed E-state index contributed by atoms with van der Waals surface area (Å²) < 4.78 is 44.2. The second kappa shape index (κ2) is 15.2. The van der Waals surface area contributed by atoms with E-state index in [2.05, 4.69) is 0 Å². The average molecular weight is 632 g/mol. The second-order valence-corrected chi connectivity index (χ2v) is 9.74. The number of aliphatic hydroxyl groups excluding tert-OH is 3. The summed E-state index contributed by atoms with van der Waals surface area (Å²) in [4.78, 5) is 58.1. The number of nitro groups is 1. The Kier molecular flexibility index (Phi) is 11.9. The van der Waals surface area contributed by atoms with Crippen LogP contribution in [0.3, 0.4) is 0 Å². The van der Waals surface area contributed by atoms with E-state index in [1.54, 1.807) is 0 Å². The molecule has 2 heterocycles. The molecule has 3 unspecified atom stereocenters. The molecule has 0 bridgehead atoms. The van der Waals surface area contributed by atoms with Crippen molar-refractivity contribution in [1.82, 2.24) is 0 Å². The van der Waals surface area contributed by atoms with Crippen LogP contribution in [0.2, 0.25) is 0 Å². The van der Waals surface area contributed by atoms with Gasteiger partial charge in [-0.3, -0.25) is 29.3 Å². The maximum Gasteiger partial charge on any atom is 0.303 e. The minimum Gasteiger partial charge on any atom is -0.463 e. The quantitative estimate of drug-likeness (QED) is 0.113. The number of nitro benzene ring substituents is 1. The minimum absolute atomic E-state index is 0.00368.